The molecule has 2 aromatic rings. The Morgan fingerprint density at radius 2 is 2.00 bits per heavy atom. The number of rotatable bonds is 3. The predicted octanol–water partition coefficient (Wildman–Crippen LogP) is 4.36. The summed E-state index contributed by atoms with van der Waals surface area (Å²) in [6, 6.07) is 16.6. The van der Waals surface area contributed by atoms with Crippen LogP contribution in [0.1, 0.15) is 44.4 Å². The van der Waals surface area contributed by atoms with Crippen molar-refractivity contribution in [3.8, 4) is 11.5 Å². The van der Waals surface area contributed by atoms with E-state index < -0.39 is 5.72 Å². The van der Waals surface area contributed by atoms with Gasteiger partial charge in [-0.25, -0.2) is 5.01 Å². The first-order valence-corrected chi connectivity index (χ1v) is 8.46. The summed E-state index contributed by atoms with van der Waals surface area (Å²) in [6.07, 6.45) is 0.874. The quantitative estimate of drug-likeness (QED) is 0.842. The molecule has 4 rings (SSSR count). The van der Waals surface area contributed by atoms with Gasteiger partial charge in [-0.3, -0.25) is 0 Å². The van der Waals surface area contributed by atoms with E-state index in [1.165, 1.54) is 5.56 Å². The van der Waals surface area contributed by atoms with Gasteiger partial charge in [-0.15, -0.1) is 0 Å². The van der Waals surface area contributed by atoms with E-state index in [4.69, 9.17) is 14.6 Å². The number of benzene rings is 2. The number of hydrogen-bond acceptors (Lipinski definition) is 4. The Hall–Kier alpha value is -2.49. The Kier molecular flexibility index (Phi) is 3.48. The topological polar surface area (TPSA) is 34.1 Å². The molecule has 1 atom stereocenters. The van der Waals surface area contributed by atoms with Gasteiger partial charge in [-0.2, -0.15) is 5.10 Å². The normalized spacial score (nSPS) is 20.7. The summed E-state index contributed by atoms with van der Waals surface area (Å²) in [5, 5.41) is 6.98. The second-order valence-electron chi connectivity index (χ2n) is 6.66. The first kappa shape index (κ1) is 15.1. The maximum absolute atomic E-state index is 6.21. The largest absolute Gasteiger partial charge is 0.494 e. The van der Waals surface area contributed by atoms with E-state index in [-0.39, 0.29) is 6.04 Å². The Morgan fingerprint density at radius 3 is 2.75 bits per heavy atom. The Morgan fingerprint density at radius 1 is 1.21 bits per heavy atom. The third-order valence-corrected chi connectivity index (χ3v) is 4.58. The van der Waals surface area contributed by atoms with Gasteiger partial charge in [-0.05, 0) is 44.5 Å². The van der Waals surface area contributed by atoms with E-state index in [9.17, 15) is 0 Å². The van der Waals surface area contributed by atoms with Crippen LogP contribution in [0.3, 0.4) is 0 Å². The van der Waals surface area contributed by atoms with Crippen molar-refractivity contribution in [1.82, 2.24) is 5.01 Å². The van der Waals surface area contributed by atoms with Gasteiger partial charge >= 0.3 is 0 Å². The zero-order valence-corrected chi connectivity index (χ0v) is 14.3. The summed E-state index contributed by atoms with van der Waals surface area (Å²) in [6.45, 7) is 6.79. The molecule has 4 nitrogen and oxygen atoms in total. The van der Waals surface area contributed by atoms with Crippen molar-refractivity contribution >= 4 is 5.71 Å². The van der Waals surface area contributed by atoms with E-state index in [0.29, 0.717) is 6.61 Å². The monoisotopic (exact) mass is 322 g/mol. The van der Waals surface area contributed by atoms with E-state index in [1.54, 1.807) is 0 Å². The molecule has 0 amide bonds. The molecule has 0 unspecified atom stereocenters. The van der Waals surface area contributed by atoms with Crippen molar-refractivity contribution in [3.05, 3.63) is 59.7 Å². The van der Waals surface area contributed by atoms with Gasteiger partial charge in [0.05, 0.1) is 18.4 Å². The van der Waals surface area contributed by atoms with Crippen molar-refractivity contribution in [2.24, 2.45) is 5.10 Å². The molecule has 2 aliphatic heterocycles. The van der Waals surface area contributed by atoms with Crippen LogP contribution in [0.5, 0.6) is 11.5 Å². The summed E-state index contributed by atoms with van der Waals surface area (Å²) in [7, 11) is 0. The highest BCUT2D eigenvalue weighted by atomic mass is 16.5. The lowest BCUT2D eigenvalue weighted by Crippen LogP contribution is -2.48. The van der Waals surface area contributed by atoms with E-state index in [0.717, 1.165) is 29.2 Å². The van der Waals surface area contributed by atoms with Crippen LogP contribution in [0.4, 0.5) is 0 Å². The number of nitrogens with zero attached hydrogens (tertiary/aromatic N) is 2. The minimum Gasteiger partial charge on any atom is -0.494 e. The standard InChI is InChI=1S/C20H22N2O2/c1-4-23-15-10-11-19-16(12-15)18-13-17(14-8-6-5-7-9-14)21-22(18)20(2,3)24-19/h5-12,18H,4,13H2,1-3H3/t18-/m1/s1. The van der Waals surface area contributed by atoms with Crippen LogP contribution in [-0.4, -0.2) is 23.1 Å². The fraction of sp³-hybridized carbons (Fsp3) is 0.350. The third kappa shape index (κ3) is 2.42. The highest BCUT2D eigenvalue weighted by molar-refractivity contribution is 6.01. The number of fused-ring (bicyclic) bond motifs is 3. The second kappa shape index (κ2) is 5.55. The summed E-state index contributed by atoms with van der Waals surface area (Å²) in [5.74, 6) is 1.81. The van der Waals surface area contributed by atoms with Gasteiger partial charge in [-0.1, -0.05) is 30.3 Å². The van der Waals surface area contributed by atoms with Gasteiger partial charge in [0.15, 0.2) is 5.72 Å². The molecule has 0 N–H and O–H groups in total. The molecular weight excluding hydrogens is 300 g/mol. The molecule has 2 aromatic carbocycles. The van der Waals surface area contributed by atoms with Crippen LogP contribution in [0.2, 0.25) is 0 Å². The molecule has 0 bridgehead atoms. The fourth-order valence-electron chi connectivity index (χ4n) is 3.51. The van der Waals surface area contributed by atoms with Crippen LogP contribution in [-0.2, 0) is 0 Å². The summed E-state index contributed by atoms with van der Waals surface area (Å²) >= 11 is 0. The maximum Gasteiger partial charge on any atom is 0.192 e. The van der Waals surface area contributed by atoms with Crippen LogP contribution >= 0.6 is 0 Å². The fourth-order valence-corrected chi connectivity index (χ4v) is 3.51. The highest BCUT2D eigenvalue weighted by Crippen LogP contribution is 2.47. The lowest BCUT2D eigenvalue weighted by Gasteiger charge is -2.43. The molecule has 4 heteroatoms. The first-order chi connectivity index (χ1) is 11.6. The highest BCUT2D eigenvalue weighted by Gasteiger charge is 2.44. The van der Waals surface area contributed by atoms with Crippen molar-refractivity contribution in [2.45, 2.75) is 39.0 Å². The van der Waals surface area contributed by atoms with Gasteiger partial charge in [0.2, 0.25) is 0 Å². The minimum absolute atomic E-state index is 0.180. The lowest BCUT2D eigenvalue weighted by atomic mass is 9.95. The molecule has 0 saturated heterocycles. The van der Waals surface area contributed by atoms with Gasteiger partial charge < -0.3 is 9.47 Å². The smallest absolute Gasteiger partial charge is 0.192 e. The molecule has 124 valence electrons. The van der Waals surface area contributed by atoms with Crippen molar-refractivity contribution in [2.75, 3.05) is 6.61 Å². The summed E-state index contributed by atoms with van der Waals surface area (Å²) < 4.78 is 11.9. The Bertz CT molecular complexity index is 783. The number of hydrazone groups is 1. The lowest BCUT2D eigenvalue weighted by molar-refractivity contribution is -0.0912. The Labute approximate surface area is 142 Å². The molecule has 2 aliphatic rings. The average Bonchev–Trinajstić information content (AvgIpc) is 3.03. The Balaban J connectivity index is 1.74. The van der Waals surface area contributed by atoms with Gasteiger partial charge in [0.25, 0.3) is 0 Å². The molecule has 0 fully saturated rings. The molecule has 2 heterocycles. The van der Waals surface area contributed by atoms with Crippen molar-refractivity contribution < 1.29 is 9.47 Å². The minimum atomic E-state index is -0.471. The molecule has 0 saturated carbocycles. The molecule has 24 heavy (non-hydrogen) atoms. The SMILES string of the molecule is CCOc1ccc2c(c1)[C@H]1CC(c3ccccc3)=NN1C(C)(C)O2. The van der Waals surface area contributed by atoms with Crippen molar-refractivity contribution in [1.29, 1.82) is 0 Å². The molecule has 0 aliphatic carbocycles. The number of ether oxygens (including phenoxy) is 2. The van der Waals surface area contributed by atoms with Crippen LogP contribution in [0.25, 0.3) is 0 Å². The third-order valence-electron chi connectivity index (χ3n) is 4.58. The molecule has 0 spiro atoms. The van der Waals surface area contributed by atoms with Gasteiger partial charge in [0.1, 0.15) is 11.5 Å². The molecule has 0 radical (unpaired) electrons. The summed E-state index contributed by atoms with van der Waals surface area (Å²) in [4.78, 5) is 0. The zero-order chi connectivity index (χ0) is 16.7. The first-order valence-electron chi connectivity index (χ1n) is 8.46. The number of hydrogen-bond donors (Lipinski definition) is 0. The van der Waals surface area contributed by atoms with E-state index in [1.807, 2.05) is 25.1 Å². The maximum atomic E-state index is 6.21. The van der Waals surface area contributed by atoms with Crippen LogP contribution < -0.4 is 9.47 Å². The van der Waals surface area contributed by atoms with E-state index >= 15 is 0 Å². The zero-order valence-electron chi connectivity index (χ0n) is 14.3. The van der Waals surface area contributed by atoms with Gasteiger partial charge in [0, 0.05) is 12.0 Å². The van der Waals surface area contributed by atoms with E-state index in [2.05, 4.69) is 49.2 Å². The molecule has 0 aromatic heterocycles. The predicted molar refractivity (Wildman–Crippen MR) is 94.5 cm³/mol. The summed E-state index contributed by atoms with van der Waals surface area (Å²) in [5.41, 5.74) is 2.95. The average molecular weight is 322 g/mol. The molecular formula is C20H22N2O2. The second-order valence-corrected chi connectivity index (χ2v) is 6.66. The van der Waals surface area contributed by atoms with Crippen molar-refractivity contribution in [3.63, 3.8) is 0 Å². The van der Waals surface area contributed by atoms with Crippen LogP contribution in [0.15, 0.2) is 53.6 Å². The van der Waals surface area contributed by atoms with Crippen LogP contribution in [0, 0.1) is 0 Å².